The molecular formula is C16H24N2O2. The van der Waals surface area contributed by atoms with E-state index in [1.54, 1.807) is 0 Å². The highest BCUT2D eigenvalue weighted by molar-refractivity contribution is 5.75. The Labute approximate surface area is 120 Å². The summed E-state index contributed by atoms with van der Waals surface area (Å²) >= 11 is 0. The van der Waals surface area contributed by atoms with Crippen LogP contribution < -0.4 is 15.4 Å². The minimum Gasteiger partial charge on any atom is -0.492 e. The molecule has 2 N–H and O–H groups in total. The van der Waals surface area contributed by atoms with Crippen LogP contribution in [0.25, 0.3) is 0 Å². The van der Waals surface area contributed by atoms with E-state index in [-0.39, 0.29) is 5.91 Å². The summed E-state index contributed by atoms with van der Waals surface area (Å²) in [5.74, 6) is 1.69. The molecule has 1 aliphatic rings. The SMILES string of the molecule is O=C(CCC1CCNCC1)NCCOc1ccccc1. The molecule has 0 radical (unpaired) electrons. The molecule has 4 nitrogen and oxygen atoms in total. The molecule has 110 valence electrons. The van der Waals surface area contributed by atoms with Crippen LogP contribution in [0.4, 0.5) is 0 Å². The Morgan fingerprint density at radius 3 is 2.75 bits per heavy atom. The van der Waals surface area contributed by atoms with Gasteiger partial charge in [0.05, 0.1) is 6.54 Å². The highest BCUT2D eigenvalue weighted by Crippen LogP contribution is 2.17. The first-order valence-corrected chi connectivity index (χ1v) is 7.50. The third kappa shape index (κ3) is 5.61. The molecule has 1 fully saturated rings. The molecule has 1 aromatic carbocycles. The van der Waals surface area contributed by atoms with Gasteiger partial charge in [-0.05, 0) is 50.4 Å². The van der Waals surface area contributed by atoms with Crippen molar-refractivity contribution in [2.75, 3.05) is 26.2 Å². The maximum Gasteiger partial charge on any atom is 0.220 e. The topological polar surface area (TPSA) is 50.4 Å². The fourth-order valence-electron chi connectivity index (χ4n) is 2.47. The number of hydrogen-bond donors (Lipinski definition) is 2. The Morgan fingerprint density at radius 1 is 1.25 bits per heavy atom. The molecule has 0 unspecified atom stereocenters. The zero-order valence-corrected chi connectivity index (χ0v) is 11.9. The molecule has 0 spiro atoms. The minimum absolute atomic E-state index is 0.139. The first-order chi connectivity index (χ1) is 9.84. The first-order valence-electron chi connectivity index (χ1n) is 7.50. The van der Waals surface area contributed by atoms with E-state index in [4.69, 9.17) is 4.74 Å². The summed E-state index contributed by atoms with van der Waals surface area (Å²) in [6.07, 6.45) is 4.04. The number of nitrogens with one attached hydrogen (secondary N) is 2. The third-order valence-electron chi connectivity index (χ3n) is 3.67. The normalized spacial score (nSPS) is 15.8. The van der Waals surface area contributed by atoms with E-state index in [0.717, 1.165) is 25.3 Å². The quantitative estimate of drug-likeness (QED) is 0.749. The van der Waals surface area contributed by atoms with Gasteiger partial charge < -0.3 is 15.4 Å². The van der Waals surface area contributed by atoms with Gasteiger partial charge in [-0.1, -0.05) is 18.2 Å². The fraction of sp³-hybridized carbons (Fsp3) is 0.562. The van der Waals surface area contributed by atoms with Crippen LogP contribution in [0.5, 0.6) is 5.75 Å². The van der Waals surface area contributed by atoms with Crippen LogP contribution in [0, 0.1) is 5.92 Å². The molecule has 1 aliphatic heterocycles. The molecule has 2 rings (SSSR count). The number of benzene rings is 1. The molecule has 1 heterocycles. The van der Waals surface area contributed by atoms with Crippen LogP contribution in [0.15, 0.2) is 30.3 Å². The van der Waals surface area contributed by atoms with Gasteiger partial charge in [0.1, 0.15) is 12.4 Å². The molecule has 1 amide bonds. The first kappa shape index (κ1) is 14.9. The second-order valence-electron chi connectivity index (χ2n) is 5.24. The Bertz CT molecular complexity index is 389. The van der Waals surface area contributed by atoms with Gasteiger partial charge in [-0.3, -0.25) is 4.79 Å². The van der Waals surface area contributed by atoms with Crippen LogP contribution in [0.3, 0.4) is 0 Å². The lowest BCUT2D eigenvalue weighted by molar-refractivity contribution is -0.121. The van der Waals surface area contributed by atoms with Crippen LogP contribution in [0.1, 0.15) is 25.7 Å². The molecule has 1 aromatic rings. The summed E-state index contributed by atoms with van der Waals surface area (Å²) in [7, 11) is 0. The summed E-state index contributed by atoms with van der Waals surface area (Å²) in [6.45, 7) is 3.28. The number of rotatable bonds is 7. The van der Waals surface area contributed by atoms with E-state index in [2.05, 4.69) is 10.6 Å². The zero-order chi connectivity index (χ0) is 14.0. The molecule has 0 saturated carbocycles. The zero-order valence-electron chi connectivity index (χ0n) is 11.9. The van der Waals surface area contributed by atoms with Crippen molar-refractivity contribution in [3.63, 3.8) is 0 Å². The number of ether oxygens (including phenoxy) is 1. The number of hydrogen-bond acceptors (Lipinski definition) is 3. The number of carbonyl (C=O) groups is 1. The van der Waals surface area contributed by atoms with Gasteiger partial charge in [0.25, 0.3) is 0 Å². The van der Waals surface area contributed by atoms with E-state index in [1.807, 2.05) is 30.3 Å². The van der Waals surface area contributed by atoms with Crippen LogP contribution in [-0.4, -0.2) is 32.1 Å². The molecule has 0 aliphatic carbocycles. The standard InChI is InChI=1S/C16H24N2O2/c19-16(7-6-14-8-10-17-11-9-14)18-12-13-20-15-4-2-1-3-5-15/h1-5,14,17H,6-13H2,(H,18,19). The molecule has 0 aromatic heterocycles. The van der Waals surface area contributed by atoms with Crippen molar-refractivity contribution in [2.24, 2.45) is 5.92 Å². The van der Waals surface area contributed by atoms with Crippen LogP contribution >= 0.6 is 0 Å². The number of amides is 1. The third-order valence-corrected chi connectivity index (χ3v) is 3.67. The summed E-state index contributed by atoms with van der Waals surface area (Å²) in [6, 6.07) is 9.66. The number of carbonyl (C=O) groups excluding carboxylic acids is 1. The van der Waals surface area contributed by atoms with Gasteiger partial charge in [0.2, 0.25) is 5.91 Å². The Kier molecular flexibility index (Phi) is 6.38. The smallest absolute Gasteiger partial charge is 0.220 e. The van der Waals surface area contributed by atoms with Crippen molar-refractivity contribution in [2.45, 2.75) is 25.7 Å². The largest absolute Gasteiger partial charge is 0.492 e. The molecular weight excluding hydrogens is 252 g/mol. The lowest BCUT2D eigenvalue weighted by atomic mass is 9.93. The van der Waals surface area contributed by atoms with E-state index < -0.39 is 0 Å². The van der Waals surface area contributed by atoms with E-state index in [1.165, 1.54) is 12.8 Å². The minimum atomic E-state index is 0.139. The van der Waals surface area contributed by atoms with E-state index in [0.29, 0.717) is 25.5 Å². The summed E-state index contributed by atoms with van der Waals surface area (Å²) in [5, 5.41) is 6.26. The fourth-order valence-corrected chi connectivity index (χ4v) is 2.47. The molecule has 1 saturated heterocycles. The number of para-hydroxylation sites is 1. The maximum absolute atomic E-state index is 11.7. The van der Waals surface area contributed by atoms with Gasteiger partial charge in [-0.15, -0.1) is 0 Å². The summed E-state index contributed by atoms with van der Waals surface area (Å²) in [5.41, 5.74) is 0. The lowest BCUT2D eigenvalue weighted by Gasteiger charge is -2.22. The van der Waals surface area contributed by atoms with Crippen LogP contribution in [-0.2, 0) is 4.79 Å². The van der Waals surface area contributed by atoms with Crippen molar-refractivity contribution in [3.05, 3.63) is 30.3 Å². The van der Waals surface area contributed by atoms with Crippen molar-refractivity contribution < 1.29 is 9.53 Å². The van der Waals surface area contributed by atoms with Gasteiger partial charge in [0, 0.05) is 6.42 Å². The van der Waals surface area contributed by atoms with Crippen molar-refractivity contribution in [1.29, 1.82) is 0 Å². The second-order valence-corrected chi connectivity index (χ2v) is 5.24. The average molecular weight is 276 g/mol. The van der Waals surface area contributed by atoms with E-state index in [9.17, 15) is 4.79 Å². The molecule has 0 bridgehead atoms. The highest BCUT2D eigenvalue weighted by atomic mass is 16.5. The maximum atomic E-state index is 11.7. The van der Waals surface area contributed by atoms with Crippen molar-refractivity contribution in [3.8, 4) is 5.75 Å². The summed E-state index contributed by atoms with van der Waals surface area (Å²) < 4.78 is 5.53. The van der Waals surface area contributed by atoms with Crippen LogP contribution in [0.2, 0.25) is 0 Å². The Balaban J connectivity index is 1.51. The summed E-state index contributed by atoms with van der Waals surface area (Å²) in [4.78, 5) is 11.7. The van der Waals surface area contributed by atoms with Gasteiger partial charge in [-0.2, -0.15) is 0 Å². The highest BCUT2D eigenvalue weighted by Gasteiger charge is 2.14. The van der Waals surface area contributed by atoms with Crippen molar-refractivity contribution >= 4 is 5.91 Å². The number of piperidine rings is 1. The predicted molar refractivity (Wildman–Crippen MR) is 79.8 cm³/mol. The molecule has 4 heteroatoms. The Hall–Kier alpha value is -1.55. The van der Waals surface area contributed by atoms with Gasteiger partial charge >= 0.3 is 0 Å². The van der Waals surface area contributed by atoms with E-state index >= 15 is 0 Å². The Morgan fingerprint density at radius 2 is 2.00 bits per heavy atom. The van der Waals surface area contributed by atoms with Crippen molar-refractivity contribution in [1.82, 2.24) is 10.6 Å². The predicted octanol–water partition coefficient (Wildman–Crippen LogP) is 1.96. The second kappa shape index (κ2) is 8.59. The van der Waals surface area contributed by atoms with Gasteiger partial charge in [-0.25, -0.2) is 0 Å². The lowest BCUT2D eigenvalue weighted by Crippen LogP contribution is -2.30. The monoisotopic (exact) mass is 276 g/mol. The average Bonchev–Trinajstić information content (AvgIpc) is 2.52. The van der Waals surface area contributed by atoms with Gasteiger partial charge in [0.15, 0.2) is 0 Å². The molecule has 20 heavy (non-hydrogen) atoms. The molecule has 0 atom stereocenters.